The number of ether oxygens (including phenoxy) is 3. The van der Waals surface area contributed by atoms with E-state index in [-0.39, 0.29) is 0 Å². The van der Waals surface area contributed by atoms with Crippen LogP contribution < -0.4 is 9.47 Å². The van der Waals surface area contributed by atoms with Crippen LogP contribution in [0, 0.1) is 0 Å². The highest BCUT2D eigenvalue weighted by Gasteiger charge is 2.11. The van der Waals surface area contributed by atoms with Gasteiger partial charge in [0.2, 0.25) is 0 Å². The van der Waals surface area contributed by atoms with Gasteiger partial charge in [0, 0.05) is 11.6 Å². The summed E-state index contributed by atoms with van der Waals surface area (Å²) < 4.78 is 18.9. The third-order valence-electron chi connectivity index (χ3n) is 6.00. The molecule has 0 spiro atoms. The average Bonchev–Trinajstić information content (AvgIpc) is 2.99. The Morgan fingerprint density at radius 1 is 0.474 bits per heavy atom. The van der Waals surface area contributed by atoms with Gasteiger partial charge in [-0.3, -0.25) is 0 Å². The van der Waals surface area contributed by atoms with E-state index in [1.54, 1.807) is 0 Å². The Hall–Kier alpha value is -4.76. The molecule has 0 aliphatic heterocycles. The van der Waals surface area contributed by atoms with Gasteiger partial charge in [-0.25, -0.2) is 0 Å². The first-order valence-electron chi connectivity index (χ1n) is 12.7. The van der Waals surface area contributed by atoms with E-state index < -0.39 is 0 Å². The van der Waals surface area contributed by atoms with Crippen LogP contribution in [0.2, 0.25) is 0 Å². The van der Waals surface area contributed by atoms with Crippen LogP contribution in [-0.4, -0.2) is 0 Å². The second-order valence-electron chi connectivity index (χ2n) is 8.94. The lowest BCUT2D eigenvalue weighted by atomic mass is 10.1. The third kappa shape index (κ3) is 7.37. The molecule has 5 aromatic rings. The smallest absolute Gasteiger partial charge is 0.127 e. The van der Waals surface area contributed by atoms with Crippen molar-refractivity contribution in [1.29, 1.82) is 0 Å². The summed E-state index contributed by atoms with van der Waals surface area (Å²) in [6, 6.07) is 46.6. The molecular weight excluding hydrogens is 468 g/mol. The van der Waals surface area contributed by atoms with Crippen LogP contribution in [0.3, 0.4) is 0 Å². The minimum Gasteiger partial charge on any atom is -0.489 e. The van der Waals surface area contributed by atoms with Gasteiger partial charge < -0.3 is 14.2 Å². The van der Waals surface area contributed by atoms with Crippen molar-refractivity contribution in [2.75, 3.05) is 0 Å². The fourth-order valence-electron chi connectivity index (χ4n) is 4.01. The van der Waals surface area contributed by atoms with Gasteiger partial charge in [0.1, 0.15) is 37.1 Å². The lowest BCUT2D eigenvalue weighted by Crippen LogP contribution is -2.00. The summed E-state index contributed by atoms with van der Waals surface area (Å²) in [4.78, 5) is 0. The zero-order valence-electron chi connectivity index (χ0n) is 21.2. The number of hydrogen-bond donors (Lipinski definition) is 0. The van der Waals surface area contributed by atoms with Crippen molar-refractivity contribution in [3.8, 4) is 11.5 Å². The first-order valence-corrected chi connectivity index (χ1v) is 12.7. The maximum atomic E-state index is 6.40. The van der Waals surface area contributed by atoms with E-state index in [1.165, 1.54) is 0 Å². The van der Waals surface area contributed by atoms with Gasteiger partial charge in [-0.15, -0.1) is 0 Å². The summed E-state index contributed by atoms with van der Waals surface area (Å²) in [6.07, 6.45) is 2.06. The Labute approximate surface area is 224 Å². The van der Waals surface area contributed by atoms with E-state index in [0.717, 1.165) is 45.1 Å². The Kier molecular flexibility index (Phi) is 8.51. The molecular formula is C35H30O3. The Balaban J connectivity index is 1.46. The summed E-state index contributed by atoms with van der Waals surface area (Å²) in [5.74, 6) is 2.18. The third-order valence-corrected chi connectivity index (χ3v) is 6.00. The maximum Gasteiger partial charge on any atom is 0.127 e. The molecule has 0 atom stereocenters. The zero-order chi connectivity index (χ0) is 25.8. The van der Waals surface area contributed by atoms with Crippen LogP contribution in [0.4, 0.5) is 0 Å². The van der Waals surface area contributed by atoms with Gasteiger partial charge in [-0.05, 0) is 40.5 Å². The van der Waals surface area contributed by atoms with Crippen molar-refractivity contribution >= 4 is 11.8 Å². The first kappa shape index (κ1) is 24.9. The van der Waals surface area contributed by atoms with Crippen LogP contribution in [0.25, 0.3) is 11.8 Å². The van der Waals surface area contributed by atoms with Gasteiger partial charge in [0.05, 0.1) is 0 Å². The van der Waals surface area contributed by atoms with E-state index >= 15 is 0 Å². The zero-order valence-corrected chi connectivity index (χ0v) is 21.2. The lowest BCUT2D eigenvalue weighted by molar-refractivity contribution is 0.264. The molecule has 38 heavy (non-hydrogen) atoms. The molecule has 0 bridgehead atoms. The molecule has 5 aromatic carbocycles. The predicted molar refractivity (Wildman–Crippen MR) is 154 cm³/mol. The summed E-state index contributed by atoms with van der Waals surface area (Å²) in [5, 5.41) is 0. The van der Waals surface area contributed by atoms with Crippen LogP contribution in [-0.2, 0) is 24.6 Å². The van der Waals surface area contributed by atoms with Crippen LogP contribution in [0.5, 0.6) is 11.5 Å². The highest BCUT2D eigenvalue weighted by Crippen LogP contribution is 2.31. The Bertz CT molecular complexity index is 1370. The van der Waals surface area contributed by atoms with E-state index in [9.17, 15) is 0 Å². The second kappa shape index (κ2) is 13.0. The highest BCUT2D eigenvalue weighted by atomic mass is 16.5. The predicted octanol–water partition coefficient (Wildman–Crippen LogP) is 8.56. The SMILES string of the molecule is C(=C(/OCc1ccccc1)c1cc(OCc2ccccc2)cc(OCc2ccccc2)c1)/c1ccccc1. The van der Waals surface area contributed by atoms with Crippen LogP contribution in [0.15, 0.2) is 140 Å². The van der Waals surface area contributed by atoms with Crippen molar-refractivity contribution in [3.05, 3.63) is 167 Å². The van der Waals surface area contributed by atoms with Crippen molar-refractivity contribution in [1.82, 2.24) is 0 Å². The van der Waals surface area contributed by atoms with E-state index in [0.29, 0.717) is 19.8 Å². The molecule has 0 aromatic heterocycles. The number of benzene rings is 5. The Morgan fingerprint density at radius 2 is 0.895 bits per heavy atom. The molecule has 188 valence electrons. The molecule has 0 N–H and O–H groups in total. The van der Waals surface area contributed by atoms with Crippen molar-refractivity contribution in [3.63, 3.8) is 0 Å². The van der Waals surface area contributed by atoms with Gasteiger partial charge >= 0.3 is 0 Å². The second-order valence-corrected chi connectivity index (χ2v) is 8.94. The monoisotopic (exact) mass is 498 g/mol. The molecule has 0 heterocycles. The molecule has 0 aliphatic carbocycles. The molecule has 0 saturated carbocycles. The average molecular weight is 499 g/mol. The largest absolute Gasteiger partial charge is 0.489 e. The fraction of sp³-hybridized carbons (Fsp3) is 0.0857. The van der Waals surface area contributed by atoms with Crippen LogP contribution >= 0.6 is 0 Å². The summed E-state index contributed by atoms with van der Waals surface area (Å²) >= 11 is 0. The minimum absolute atomic E-state index is 0.453. The molecule has 0 radical (unpaired) electrons. The summed E-state index contributed by atoms with van der Waals surface area (Å²) in [7, 11) is 0. The number of hydrogen-bond acceptors (Lipinski definition) is 3. The quantitative estimate of drug-likeness (QED) is 0.135. The molecule has 3 nitrogen and oxygen atoms in total. The standard InChI is InChI=1S/C35H30O3/c1-5-13-28(14-6-1)21-35(38-27-31-19-11-4-12-20-31)32-22-33(36-25-29-15-7-2-8-16-29)24-34(23-32)37-26-30-17-9-3-10-18-30/h1-24H,25-27H2/b35-21-. The van der Waals surface area contributed by atoms with E-state index in [1.807, 2.05) is 91.0 Å². The molecule has 0 fully saturated rings. The molecule has 0 amide bonds. The van der Waals surface area contributed by atoms with Gasteiger partial charge in [0.15, 0.2) is 0 Å². The van der Waals surface area contributed by atoms with E-state index in [2.05, 4.69) is 54.6 Å². The molecule has 0 unspecified atom stereocenters. The molecule has 5 rings (SSSR count). The van der Waals surface area contributed by atoms with Gasteiger partial charge in [0.25, 0.3) is 0 Å². The molecule has 0 aliphatic rings. The normalized spacial score (nSPS) is 11.1. The van der Waals surface area contributed by atoms with E-state index in [4.69, 9.17) is 14.2 Å². The minimum atomic E-state index is 0.453. The molecule has 0 saturated heterocycles. The van der Waals surface area contributed by atoms with Gasteiger partial charge in [-0.1, -0.05) is 121 Å². The van der Waals surface area contributed by atoms with Crippen molar-refractivity contribution in [2.24, 2.45) is 0 Å². The first-order chi connectivity index (χ1) is 18.8. The fourth-order valence-corrected chi connectivity index (χ4v) is 4.01. The summed E-state index contributed by atoms with van der Waals surface area (Å²) in [6.45, 7) is 1.38. The van der Waals surface area contributed by atoms with Crippen molar-refractivity contribution < 1.29 is 14.2 Å². The molecule has 3 heteroatoms. The topological polar surface area (TPSA) is 27.7 Å². The van der Waals surface area contributed by atoms with Crippen LogP contribution in [0.1, 0.15) is 27.8 Å². The number of rotatable bonds is 11. The van der Waals surface area contributed by atoms with Crippen molar-refractivity contribution in [2.45, 2.75) is 19.8 Å². The maximum absolute atomic E-state index is 6.40. The highest BCUT2D eigenvalue weighted by molar-refractivity contribution is 5.78. The van der Waals surface area contributed by atoms with Gasteiger partial charge in [-0.2, -0.15) is 0 Å². The lowest BCUT2D eigenvalue weighted by Gasteiger charge is -2.16. The summed E-state index contributed by atoms with van der Waals surface area (Å²) in [5.41, 5.74) is 5.25. The Morgan fingerprint density at radius 3 is 1.37 bits per heavy atom.